The van der Waals surface area contributed by atoms with E-state index in [-0.39, 0.29) is 0 Å². The molecule has 1 heterocycles. The number of piperazine rings is 1. The molecule has 0 spiro atoms. The van der Waals surface area contributed by atoms with Gasteiger partial charge in [-0.2, -0.15) is 0 Å². The highest BCUT2D eigenvalue weighted by molar-refractivity contribution is 4.82. The molecule has 0 aliphatic carbocycles. The van der Waals surface area contributed by atoms with Crippen LogP contribution in [0.3, 0.4) is 0 Å². The first-order valence-electron chi connectivity index (χ1n) is 3.07. The number of nitrogens with zero attached hydrogens (tertiary/aromatic N) is 1. The Bertz CT molecular complexity index is 64.9. The summed E-state index contributed by atoms with van der Waals surface area (Å²) in [7, 11) is 2.11. The van der Waals surface area contributed by atoms with E-state index in [9.17, 15) is 0 Å². The van der Waals surface area contributed by atoms with E-state index in [4.69, 9.17) is 0 Å². The number of hydrogen-bond donors (Lipinski definition) is 1. The molecule has 1 aliphatic rings. The Morgan fingerprint density at radius 1 is 1.75 bits per heavy atom. The number of rotatable bonds is 0. The van der Waals surface area contributed by atoms with Crippen LogP contribution in [0.25, 0.3) is 0 Å². The maximum atomic E-state index is 3.32. The van der Waals surface area contributed by atoms with Gasteiger partial charge in [-0.15, -0.1) is 0 Å². The van der Waals surface area contributed by atoms with Crippen LogP contribution in [0.2, 0.25) is 0 Å². The van der Waals surface area contributed by atoms with E-state index in [0.717, 1.165) is 13.1 Å². The molecule has 0 bridgehead atoms. The highest BCUT2D eigenvalue weighted by Crippen LogP contribution is 1.98. The second-order valence-electron chi connectivity index (χ2n) is 2.37. The molecule has 1 aliphatic heterocycles. The molecule has 0 saturated carbocycles. The molecule has 0 aromatic carbocycles. The summed E-state index contributed by atoms with van der Waals surface area (Å²) >= 11 is 0. The van der Waals surface area contributed by atoms with Gasteiger partial charge in [-0.3, -0.25) is 4.90 Å². The Kier molecular flexibility index (Phi) is 1.86. The monoisotopic (exact) mass is 113 g/mol. The molecule has 0 aromatic rings. The minimum absolute atomic E-state index is 0.564. The lowest BCUT2D eigenvalue weighted by Gasteiger charge is -2.27. The normalized spacial score (nSPS) is 33.0. The zero-order chi connectivity index (χ0) is 5.98. The van der Waals surface area contributed by atoms with Crippen molar-refractivity contribution in [3.05, 3.63) is 6.54 Å². The lowest BCUT2D eigenvalue weighted by molar-refractivity contribution is 0.308. The standard InChI is InChI=1S/C6H13N2/c1-6-5-8(2)4-3-7-6/h5-7H,3-4H2,1-2H3. The van der Waals surface area contributed by atoms with Gasteiger partial charge in [-0.05, 0) is 14.0 Å². The number of nitrogens with one attached hydrogen (secondary N) is 1. The fourth-order valence-corrected chi connectivity index (χ4v) is 0.978. The van der Waals surface area contributed by atoms with Crippen LogP contribution in [0, 0.1) is 6.54 Å². The summed E-state index contributed by atoms with van der Waals surface area (Å²) in [6, 6.07) is 0.564. The van der Waals surface area contributed by atoms with Crippen LogP contribution >= 0.6 is 0 Å². The Labute approximate surface area is 50.9 Å². The maximum absolute atomic E-state index is 3.32. The molecule has 47 valence electrons. The van der Waals surface area contributed by atoms with Crippen LogP contribution in [0.4, 0.5) is 0 Å². The topological polar surface area (TPSA) is 15.3 Å². The molecule has 0 amide bonds. The SMILES string of the molecule is CC1[CH]N(C)CCN1. The average molecular weight is 113 g/mol. The van der Waals surface area contributed by atoms with Crippen LogP contribution in [-0.2, 0) is 0 Å². The van der Waals surface area contributed by atoms with Gasteiger partial charge in [0.25, 0.3) is 0 Å². The molecular formula is C6H13N2. The Morgan fingerprint density at radius 3 is 2.88 bits per heavy atom. The summed E-state index contributed by atoms with van der Waals surface area (Å²) in [5.74, 6) is 0. The summed E-state index contributed by atoms with van der Waals surface area (Å²) < 4.78 is 0. The Balaban J connectivity index is 2.23. The third-order valence-electron chi connectivity index (χ3n) is 1.41. The van der Waals surface area contributed by atoms with Gasteiger partial charge >= 0.3 is 0 Å². The zero-order valence-electron chi connectivity index (χ0n) is 5.52. The van der Waals surface area contributed by atoms with Crippen molar-refractivity contribution in [2.24, 2.45) is 0 Å². The zero-order valence-corrected chi connectivity index (χ0v) is 5.52. The van der Waals surface area contributed by atoms with Crippen LogP contribution in [0.15, 0.2) is 0 Å². The molecule has 1 fully saturated rings. The number of hydrogen-bond acceptors (Lipinski definition) is 2. The summed E-state index contributed by atoms with van der Waals surface area (Å²) in [5, 5.41) is 3.32. The van der Waals surface area contributed by atoms with E-state index in [1.54, 1.807) is 0 Å². The van der Waals surface area contributed by atoms with E-state index in [1.165, 1.54) is 0 Å². The number of likely N-dealkylation sites (N-methyl/N-ethyl adjacent to an activating group) is 1. The Hall–Kier alpha value is -0.0800. The van der Waals surface area contributed by atoms with Gasteiger partial charge < -0.3 is 5.32 Å². The molecule has 2 nitrogen and oxygen atoms in total. The molecule has 0 aromatic heterocycles. The Morgan fingerprint density at radius 2 is 2.50 bits per heavy atom. The molecule has 1 unspecified atom stereocenters. The van der Waals surface area contributed by atoms with Crippen molar-refractivity contribution in [1.29, 1.82) is 0 Å². The van der Waals surface area contributed by atoms with Crippen LogP contribution in [-0.4, -0.2) is 31.1 Å². The van der Waals surface area contributed by atoms with Gasteiger partial charge in [0, 0.05) is 25.7 Å². The van der Waals surface area contributed by atoms with Gasteiger partial charge in [0.05, 0.1) is 0 Å². The van der Waals surface area contributed by atoms with Crippen molar-refractivity contribution in [2.45, 2.75) is 13.0 Å². The van der Waals surface area contributed by atoms with E-state index < -0.39 is 0 Å². The van der Waals surface area contributed by atoms with Crippen molar-refractivity contribution in [2.75, 3.05) is 20.1 Å². The summed E-state index contributed by atoms with van der Waals surface area (Å²) in [6.45, 7) is 6.62. The van der Waals surface area contributed by atoms with Crippen molar-refractivity contribution < 1.29 is 0 Å². The van der Waals surface area contributed by atoms with Crippen molar-refractivity contribution >= 4 is 0 Å². The van der Waals surface area contributed by atoms with E-state index in [1.807, 2.05) is 0 Å². The molecule has 1 rings (SSSR count). The van der Waals surface area contributed by atoms with E-state index >= 15 is 0 Å². The van der Waals surface area contributed by atoms with Gasteiger partial charge in [-0.25, -0.2) is 0 Å². The molecule has 1 N–H and O–H groups in total. The largest absolute Gasteiger partial charge is 0.311 e. The quantitative estimate of drug-likeness (QED) is 0.478. The predicted octanol–water partition coefficient (Wildman–Crippen LogP) is 0.0717. The minimum atomic E-state index is 0.564. The highest BCUT2D eigenvalue weighted by atomic mass is 15.2. The summed E-state index contributed by atoms with van der Waals surface area (Å²) in [6.07, 6.45) is 0. The lowest BCUT2D eigenvalue weighted by atomic mass is 10.2. The van der Waals surface area contributed by atoms with Gasteiger partial charge in [-0.1, -0.05) is 0 Å². The van der Waals surface area contributed by atoms with Crippen LogP contribution < -0.4 is 5.32 Å². The van der Waals surface area contributed by atoms with Gasteiger partial charge in [0.2, 0.25) is 0 Å². The van der Waals surface area contributed by atoms with Crippen molar-refractivity contribution in [3.8, 4) is 0 Å². The first-order chi connectivity index (χ1) is 3.79. The van der Waals surface area contributed by atoms with Gasteiger partial charge in [0.15, 0.2) is 0 Å². The molecule has 1 saturated heterocycles. The maximum Gasteiger partial charge on any atom is 0.0414 e. The lowest BCUT2D eigenvalue weighted by Crippen LogP contribution is -2.43. The summed E-state index contributed by atoms with van der Waals surface area (Å²) in [5.41, 5.74) is 0. The average Bonchev–Trinajstić information content (AvgIpc) is 1.64. The third-order valence-corrected chi connectivity index (χ3v) is 1.41. The minimum Gasteiger partial charge on any atom is -0.311 e. The van der Waals surface area contributed by atoms with E-state index in [2.05, 4.69) is 30.7 Å². The summed E-state index contributed by atoms with van der Waals surface area (Å²) in [4.78, 5) is 2.22. The molecule has 8 heavy (non-hydrogen) atoms. The van der Waals surface area contributed by atoms with Crippen molar-refractivity contribution in [3.63, 3.8) is 0 Å². The van der Waals surface area contributed by atoms with E-state index in [0.29, 0.717) is 6.04 Å². The smallest absolute Gasteiger partial charge is 0.0414 e. The van der Waals surface area contributed by atoms with Crippen LogP contribution in [0.1, 0.15) is 6.92 Å². The second kappa shape index (κ2) is 2.46. The molecule has 1 radical (unpaired) electrons. The predicted molar refractivity (Wildman–Crippen MR) is 34.4 cm³/mol. The van der Waals surface area contributed by atoms with Crippen LogP contribution in [0.5, 0.6) is 0 Å². The molecule has 1 atom stereocenters. The fraction of sp³-hybridized carbons (Fsp3) is 0.833. The third kappa shape index (κ3) is 1.46. The van der Waals surface area contributed by atoms with Gasteiger partial charge in [0.1, 0.15) is 0 Å². The molecular weight excluding hydrogens is 100 g/mol. The fourth-order valence-electron chi connectivity index (χ4n) is 0.978. The first kappa shape index (κ1) is 6.05. The van der Waals surface area contributed by atoms with Crippen molar-refractivity contribution in [1.82, 2.24) is 10.2 Å². The first-order valence-corrected chi connectivity index (χ1v) is 3.07. The second-order valence-corrected chi connectivity index (χ2v) is 2.37. The highest BCUT2D eigenvalue weighted by Gasteiger charge is 2.10. The molecule has 2 heteroatoms.